The molecule has 1 aromatic heterocycles. The Bertz CT molecular complexity index is 577. The van der Waals surface area contributed by atoms with Crippen LogP contribution in [0.2, 0.25) is 0 Å². The second-order valence-electron chi connectivity index (χ2n) is 6.10. The molecule has 118 valence electrons. The Morgan fingerprint density at radius 2 is 2.00 bits per heavy atom. The van der Waals surface area contributed by atoms with Crippen molar-refractivity contribution in [2.75, 3.05) is 0 Å². The van der Waals surface area contributed by atoms with E-state index in [0.717, 1.165) is 32.1 Å². The Morgan fingerprint density at radius 3 is 2.59 bits per heavy atom. The van der Waals surface area contributed by atoms with Crippen LogP contribution in [0, 0.1) is 0 Å². The van der Waals surface area contributed by atoms with Crippen molar-refractivity contribution in [3.63, 3.8) is 0 Å². The lowest BCUT2D eigenvalue weighted by atomic mass is 9.96. The van der Waals surface area contributed by atoms with Crippen LogP contribution in [0.25, 0.3) is 0 Å². The summed E-state index contributed by atoms with van der Waals surface area (Å²) in [4.78, 5) is 28.0. The van der Waals surface area contributed by atoms with Crippen molar-refractivity contribution in [1.29, 1.82) is 0 Å². The van der Waals surface area contributed by atoms with E-state index in [0.29, 0.717) is 24.3 Å². The SMILES string of the molecule is O=C(NC1(C(=O)O)CCCC1)c1ccnc(OC2CCC2)c1. The largest absolute Gasteiger partial charge is 0.480 e. The first-order valence-electron chi connectivity index (χ1n) is 7.78. The molecule has 0 atom stereocenters. The first-order valence-corrected chi connectivity index (χ1v) is 7.78. The van der Waals surface area contributed by atoms with Crippen LogP contribution in [0.4, 0.5) is 0 Å². The zero-order valence-corrected chi connectivity index (χ0v) is 12.4. The van der Waals surface area contributed by atoms with Crippen LogP contribution in [0.1, 0.15) is 55.3 Å². The number of nitrogens with one attached hydrogen (secondary N) is 1. The molecular formula is C16H20N2O4. The number of aromatic nitrogens is 1. The van der Waals surface area contributed by atoms with E-state index < -0.39 is 11.5 Å². The van der Waals surface area contributed by atoms with E-state index in [9.17, 15) is 14.7 Å². The number of rotatable bonds is 5. The van der Waals surface area contributed by atoms with Crippen LogP contribution in [-0.2, 0) is 4.79 Å². The van der Waals surface area contributed by atoms with E-state index in [1.54, 1.807) is 12.1 Å². The number of ether oxygens (including phenoxy) is 1. The minimum atomic E-state index is -1.13. The van der Waals surface area contributed by atoms with Crippen LogP contribution in [0.15, 0.2) is 18.3 Å². The van der Waals surface area contributed by atoms with Crippen LogP contribution in [0.3, 0.4) is 0 Å². The lowest BCUT2D eigenvalue weighted by Gasteiger charge is -2.26. The fourth-order valence-corrected chi connectivity index (χ4v) is 2.93. The fraction of sp³-hybridized carbons (Fsp3) is 0.562. The van der Waals surface area contributed by atoms with Gasteiger partial charge in [0.1, 0.15) is 11.6 Å². The van der Waals surface area contributed by atoms with Gasteiger partial charge < -0.3 is 15.2 Å². The van der Waals surface area contributed by atoms with E-state index in [2.05, 4.69) is 10.3 Å². The van der Waals surface area contributed by atoms with Gasteiger partial charge in [0.05, 0.1) is 0 Å². The Morgan fingerprint density at radius 1 is 1.27 bits per heavy atom. The summed E-state index contributed by atoms with van der Waals surface area (Å²) in [6.07, 6.45) is 7.48. The van der Waals surface area contributed by atoms with Gasteiger partial charge in [0.15, 0.2) is 0 Å². The third-order valence-electron chi connectivity index (χ3n) is 4.56. The van der Waals surface area contributed by atoms with E-state index in [-0.39, 0.29) is 12.0 Å². The molecule has 2 fully saturated rings. The van der Waals surface area contributed by atoms with Gasteiger partial charge in [-0.1, -0.05) is 12.8 Å². The Kier molecular flexibility index (Phi) is 4.00. The highest BCUT2D eigenvalue weighted by Gasteiger charge is 2.42. The Hall–Kier alpha value is -2.11. The molecule has 0 aliphatic heterocycles. The average Bonchev–Trinajstić information content (AvgIpc) is 2.93. The maximum Gasteiger partial charge on any atom is 0.329 e. The molecule has 0 radical (unpaired) electrons. The first-order chi connectivity index (χ1) is 10.6. The van der Waals surface area contributed by atoms with Gasteiger partial charge in [0.2, 0.25) is 5.88 Å². The highest BCUT2D eigenvalue weighted by Crippen LogP contribution is 2.30. The number of hydrogen-bond donors (Lipinski definition) is 2. The van der Waals surface area contributed by atoms with Gasteiger partial charge in [-0.25, -0.2) is 9.78 Å². The van der Waals surface area contributed by atoms with Gasteiger partial charge in [0, 0.05) is 17.8 Å². The van der Waals surface area contributed by atoms with Gasteiger partial charge in [0.25, 0.3) is 5.91 Å². The number of aliphatic carboxylic acids is 1. The number of carbonyl (C=O) groups is 2. The van der Waals surface area contributed by atoms with E-state index in [1.807, 2.05) is 0 Å². The monoisotopic (exact) mass is 304 g/mol. The number of carboxylic acids is 1. The molecule has 0 saturated heterocycles. The minimum Gasteiger partial charge on any atom is -0.480 e. The molecule has 0 spiro atoms. The Labute approximate surface area is 128 Å². The minimum absolute atomic E-state index is 0.186. The zero-order chi connectivity index (χ0) is 15.6. The van der Waals surface area contributed by atoms with Crippen molar-refractivity contribution in [2.24, 2.45) is 0 Å². The fourth-order valence-electron chi connectivity index (χ4n) is 2.93. The second-order valence-corrected chi connectivity index (χ2v) is 6.10. The van der Waals surface area contributed by atoms with Crippen molar-refractivity contribution in [1.82, 2.24) is 10.3 Å². The van der Waals surface area contributed by atoms with E-state index >= 15 is 0 Å². The maximum atomic E-state index is 12.4. The first kappa shape index (κ1) is 14.8. The number of hydrogen-bond acceptors (Lipinski definition) is 4. The summed E-state index contributed by atoms with van der Waals surface area (Å²) in [5, 5.41) is 12.1. The zero-order valence-electron chi connectivity index (χ0n) is 12.4. The number of carboxylic acid groups (broad SMARTS) is 1. The molecule has 1 aromatic rings. The van der Waals surface area contributed by atoms with Crippen LogP contribution in [0.5, 0.6) is 5.88 Å². The summed E-state index contributed by atoms with van der Waals surface area (Å²) in [6.45, 7) is 0. The van der Waals surface area contributed by atoms with Crippen molar-refractivity contribution >= 4 is 11.9 Å². The summed E-state index contributed by atoms with van der Waals surface area (Å²) < 4.78 is 5.68. The topological polar surface area (TPSA) is 88.5 Å². The van der Waals surface area contributed by atoms with Crippen molar-refractivity contribution in [3.8, 4) is 5.88 Å². The number of nitrogens with zero attached hydrogens (tertiary/aromatic N) is 1. The molecule has 1 heterocycles. The van der Waals surface area contributed by atoms with Crippen molar-refractivity contribution in [3.05, 3.63) is 23.9 Å². The number of amides is 1. The van der Waals surface area contributed by atoms with Gasteiger partial charge >= 0.3 is 5.97 Å². The molecule has 0 bridgehead atoms. The lowest BCUT2D eigenvalue weighted by Crippen LogP contribution is -2.52. The maximum absolute atomic E-state index is 12.4. The highest BCUT2D eigenvalue weighted by molar-refractivity contribution is 5.98. The molecular weight excluding hydrogens is 284 g/mol. The summed E-state index contributed by atoms with van der Waals surface area (Å²) in [7, 11) is 0. The molecule has 2 aliphatic carbocycles. The van der Waals surface area contributed by atoms with Gasteiger partial charge in [-0.3, -0.25) is 4.79 Å². The summed E-state index contributed by atoms with van der Waals surface area (Å²) in [5.41, 5.74) is -0.744. The van der Waals surface area contributed by atoms with Crippen LogP contribution in [-0.4, -0.2) is 33.6 Å². The third-order valence-corrected chi connectivity index (χ3v) is 4.56. The third kappa shape index (κ3) is 2.91. The molecule has 6 nitrogen and oxygen atoms in total. The number of carbonyl (C=O) groups excluding carboxylic acids is 1. The quantitative estimate of drug-likeness (QED) is 0.870. The highest BCUT2D eigenvalue weighted by atomic mass is 16.5. The molecule has 22 heavy (non-hydrogen) atoms. The summed E-state index contributed by atoms with van der Waals surface area (Å²) >= 11 is 0. The average molecular weight is 304 g/mol. The van der Waals surface area contributed by atoms with Gasteiger partial charge in [-0.15, -0.1) is 0 Å². The van der Waals surface area contributed by atoms with Gasteiger partial charge in [-0.2, -0.15) is 0 Å². The van der Waals surface area contributed by atoms with E-state index in [1.165, 1.54) is 6.20 Å². The lowest BCUT2D eigenvalue weighted by molar-refractivity contribution is -0.144. The number of pyridine rings is 1. The van der Waals surface area contributed by atoms with Crippen LogP contribution < -0.4 is 10.1 Å². The molecule has 0 unspecified atom stereocenters. The summed E-state index contributed by atoms with van der Waals surface area (Å²) in [5.74, 6) is -0.920. The van der Waals surface area contributed by atoms with Gasteiger partial charge in [-0.05, 0) is 38.2 Å². The predicted molar refractivity (Wildman–Crippen MR) is 78.8 cm³/mol. The molecule has 2 aliphatic rings. The van der Waals surface area contributed by atoms with Crippen molar-refractivity contribution < 1.29 is 19.4 Å². The second kappa shape index (κ2) is 5.94. The molecule has 1 amide bonds. The smallest absolute Gasteiger partial charge is 0.329 e. The van der Waals surface area contributed by atoms with Crippen LogP contribution >= 0.6 is 0 Å². The predicted octanol–water partition coefficient (Wildman–Crippen LogP) is 2.14. The molecule has 6 heteroatoms. The van der Waals surface area contributed by atoms with E-state index in [4.69, 9.17) is 4.74 Å². The standard InChI is InChI=1S/C16H20N2O4/c19-14(18-16(15(20)21)7-1-2-8-16)11-6-9-17-13(10-11)22-12-4-3-5-12/h6,9-10,12H,1-5,7-8H2,(H,18,19)(H,20,21). The summed E-state index contributed by atoms with van der Waals surface area (Å²) in [6, 6.07) is 3.16. The molecule has 2 saturated carbocycles. The normalized spacial score (nSPS) is 20.2. The molecule has 0 aromatic carbocycles. The molecule has 2 N–H and O–H groups in total. The van der Waals surface area contributed by atoms with Crippen molar-refractivity contribution in [2.45, 2.75) is 56.6 Å². The Balaban J connectivity index is 1.71. The molecule has 3 rings (SSSR count).